The van der Waals surface area contributed by atoms with Gasteiger partial charge < -0.3 is 11.1 Å². The summed E-state index contributed by atoms with van der Waals surface area (Å²) >= 11 is 0. The number of rotatable bonds is 2. The van der Waals surface area contributed by atoms with Crippen molar-refractivity contribution < 1.29 is 9.18 Å². The number of fused-ring (bicyclic) bond motifs is 1. The maximum Gasteiger partial charge on any atom is 0.257 e. The van der Waals surface area contributed by atoms with Gasteiger partial charge in [-0.25, -0.2) is 4.39 Å². The van der Waals surface area contributed by atoms with Gasteiger partial charge in [0, 0.05) is 23.0 Å². The van der Waals surface area contributed by atoms with E-state index in [1.54, 1.807) is 12.3 Å². The summed E-state index contributed by atoms with van der Waals surface area (Å²) in [5.74, 6) is -0.850. The molecule has 4 nitrogen and oxygen atoms in total. The minimum Gasteiger partial charge on any atom is -0.398 e. The number of anilines is 2. The van der Waals surface area contributed by atoms with E-state index in [1.165, 1.54) is 12.1 Å². The third-order valence-corrected chi connectivity index (χ3v) is 3.12. The predicted molar refractivity (Wildman–Crippen MR) is 80.5 cm³/mol. The quantitative estimate of drug-likeness (QED) is 0.709. The number of hydrogen-bond donors (Lipinski definition) is 2. The Bertz CT molecular complexity index is 833. The highest BCUT2D eigenvalue weighted by molar-refractivity contribution is 6.08. The number of pyridine rings is 1. The molecule has 3 aromatic rings. The summed E-state index contributed by atoms with van der Waals surface area (Å²) in [6, 6.07) is 12.8. The molecule has 0 aliphatic heterocycles. The summed E-state index contributed by atoms with van der Waals surface area (Å²) in [6.07, 6.45) is 1.71. The fourth-order valence-corrected chi connectivity index (χ4v) is 2.09. The lowest BCUT2D eigenvalue weighted by Gasteiger charge is -2.08. The van der Waals surface area contributed by atoms with E-state index in [1.807, 2.05) is 24.3 Å². The number of aromatic nitrogens is 1. The number of nitrogens with two attached hydrogens (primary N) is 1. The van der Waals surface area contributed by atoms with Crippen molar-refractivity contribution in [2.75, 3.05) is 11.1 Å². The van der Waals surface area contributed by atoms with E-state index >= 15 is 0 Å². The molecular weight excluding hydrogens is 269 g/mol. The molecule has 21 heavy (non-hydrogen) atoms. The van der Waals surface area contributed by atoms with Crippen LogP contribution in [0.2, 0.25) is 0 Å². The molecule has 0 unspecified atom stereocenters. The maximum atomic E-state index is 13.0. The molecule has 2 aromatic carbocycles. The van der Waals surface area contributed by atoms with E-state index in [0.29, 0.717) is 5.69 Å². The van der Waals surface area contributed by atoms with Gasteiger partial charge in [0.25, 0.3) is 5.91 Å². The summed E-state index contributed by atoms with van der Waals surface area (Å²) in [5.41, 5.74) is 7.47. The molecule has 3 N–H and O–H groups in total. The second-order valence-corrected chi connectivity index (χ2v) is 4.60. The van der Waals surface area contributed by atoms with Crippen LogP contribution in [0.4, 0.5) is 15.8 Å². The van der Waals surface area contributed by atoms with Gasteiger partial charge >= 0.3 is 0 Å². The first kappa shape index (κ1) is 13.1. The lowest BCUT2D eigenvalue weighted by Crippen LogP contribution is -2.14. The van der Waals surface area contributed by atoms with Gasteiger partial charge in [-0.1, -0.05) is 6.07 Å². The average molecular weight is 281 g/mol. The van der Waals surface area contributed by atoms with Crippen LogP contribution in [0.3, 0.4) is 0 Å². The zero-order valence-electron chi connectivity index (χ0n) is 11.0. The van der Waals surface area contributed by atoms with Crippen LogP contribution in [-0.2, 0) is 0 Å². The molecule has 5 heteroatoms. The summed E-state index contributed by atoms with van der Waals surface area (Å²) < 4.78 is 13.0. The van der Waals surface area contributed by atoms with E-state index in [0.717, 1.165) is 17.0 Å². The summed E-state index contributed by atoms with van der Waals surface area (Å²) in [5, 5.41) is 3.66. The summed E-state index contributed by atoms with van der Waals surface area (Å²) in [6.45, 7) is 0. The van der Waals surface area contributed by atoms with Crippen LogP contribution < -0.4 is 11.1 Å². The van der Waals surface area contributed by atoms with Crippen molar-refractivity contribution in [1.82, 2.24) is 4.98 Å². The van der Waals surface area contributed by atoms with Crippen molar-refractivity contribution in [2.45, 2.75) is 0 Å². The lowest BCUT2D eigenvalue weighted by molar-refractivity contribution is 0.102. The second-order valence-electron chi connectivity index (χ2n) is 4.60. The molecule has 0 saturated heterocycles. The Hall–Kier alpha value is -2.95. The van der Waals surface area contributed by atoms with Gasteiger partial charge in [0.15, 0.2) is 0 Å². The van der Waals surface area contributed by atoms with E-state index in [-0.39, 0.29) is 17.2 Å². The monoisotopic (exact) mass is 281 g/mol. The van der Waals surface area contributed by atoms with E-state index in [9.17, 15) is 9.18 Å². The Morgan fingerprint density at radius 2 is 2.00 bits per heavy atom. The highest BCUT2D eigenvalue weighted by Gasteiger charge is 2.11. The molecule has 104 valence electrons. The standard InChI is InChI=1S/C16H12FN3O/c17-11-3-5-13(14(18)9-11)16(21)20-12-4-6-15-10(8-12)2-1-7-19-15/h1-9H,18H2,(H,20,21). The van der Waals surface area contributed by atoms with Crippen LogP contribution in [0.25, 0.3) is 10.9 Å². The molecule has 0 aliphatic carbocycles. The van der Waals surface area contributed by atoms with Crippen molar-refractivity contribution in [2.24, 2.45) is 0 Å². The normalized spacial score (nSPS) is 10.5. The number of carbonyl (C=O) groups is 1. The molecule has 0 bridgehead atoms. The number of hydrogen-bond acceptors (Lipinski definition) is 3. The Kier molecular flexibility index (Phi) is 3.23. The summed E-state index contributed by atoms with van der Waals surface area (Å²) in [4.78, 5) is 16.4. The van der Waals surface area contributed by atoms with Gasteiger partial charge in [-0.15, -0.1) is 0 Å². The van der Waals surface area contributed by atoms with Crippen molar-refractivity contribution in [3.63, 3.8) is 0 Å². The predicted octanol–water partition coefficient (Wildman–Crippen LogP) is 3.21. The molecule has 1 amide bonds. The molecule has 0 aliphatic rings. The van der Waals surface area contributed by atoms with Crippen LogP contribution in [0, 0.1) is 5.82 Å². The smallest absolute Gasteiger partial charge is 0.257 e. The third kappa shape index (κ3) is 2.67. The molecule has 0 atom stereocenters. The Balaban J connectivity index is 1.89. The molecule has 1 aromatic heterocycles. The van der Waals surface area contributed by atoms with Crippen molar-refractivity contribution in [3.8, 4) is 0 Å². The van der Waals surface area contributed by atoms with Crippen LogP contribution in [-0.4, -0.2) is 10.9 Å². The van der Waals surface area contributed by atoms with Gasteiger partial charge in [-0.3, -0.25) is 9.78 Å². The van der Waals surface area contributed by atoms with E-state index < -0.39 is 5.82 Å². The Morgan fingerprint density at radius 1 is 1.14 bits per heavy atom. The number of halogens is 1. The molecule has 1 heterocycles. The molecule has 3 rings (SSSR count). The topological polar surface area (TPSA) is 68.0 Å². The van der Waals surface area contributed by atoms with Crippen molar-refractivity contribution >= 4 is 28.2 Å². The Morgan fingerprint density at radius 3 is 2.81 bits per heavy atom. The van der Waals surface area contributed by atoms with Crippen LogP contribution in [0.1, 0.15) is 10.4 Å². The number of carbonyl (C=O) groups excluding carboxylic acids is 1. The van der Waals surface area contributed by atoms with Crippen LogP contribution in [0.5, 0.6) is 0 Å². The molecule has 0 spiro atoms. The number of benzene rings is 2. The Labute approximate surface area is 120 Å². The fourth-order valence-electron chi connectivity index (χ4n) is 2.09. The van der Waals surface area contributed by atoms with Crippen molar-refractivity contribution in [1.29, 1.82) is 0 Å². The van der Waals surface area contributed by atoms with Gasteiger partial charge in [0.1, 0.15) is 5.82 Å². The maximum absolute atomic E-state index is 13.0. The lowest BCUT2D eigenvalue weighted by atomic mass is 10.1. The SMILES string of the molecule is Nc1cc(F)ccc1C(=O)Nc1ccc2ncccc2c1. The number of nitrogens with one attached hydrogen (secondary N) is 1. The van der Waals surface area contributed by atoms with Crippen molar-refractivity contribution in [3.05, 3.63) is 66.1 Å². The van der Waals surface area contributed by atoms with Gasteiger partial charge in [0.2, 0.25) is 0 Å². The van der Waals surface area contributed by atoms with E-state index in [2.05, 4.69) is 10.3 Å². The van der Waals surface area contributed by atoms with Gasteiger partial charge in [-0.05, 0) is 42.5 Å². The fraction of sp³-hybridized carbons (Fsp3) is 0. The minimum atomic E-state index is -0.471. The largest absolute Gasteiger partial charge is 0.398 e. The highest BCUT2D eigenvalue weighted by Crippen LogP contribution is 2.19. The number of nitrogen functional groups attached to an aromatic ring is 1. The van der Waals surface area contributed by atoms with Crippen LogP contribution >= 0.6 is 0 Å². The first-order valence-electron chi connectivity index (χ1n) is 6.34. The highest BCUT2D eigenvalue weighted by atomic mass is 19.1. The molecule has 0 radical (unpaired) electrons. The number of amides is 1. The molecular formula is C16H12FN3O. The second kappa shape index (κ2) is 5.20. The molecule has 0 fully saturated rings. The average Bonchev–Trinajstić information content (AvgIpc) is 2.47. The van der Waals surface area contributed by atoms with Gasteiger partial charge in [-0.2, -0.15) is 0 Å². The van der Waals surface area contributed by atoms with Gasteiger partial charge in [0.05, 0.1) is 11.1 Å². The van der Waals surface area contributed by atoms with E-state index in [4.69, 9.17) is 5.73 Å². The minimum absolute atomic E-state index is 0.106. The zero-order valence-corrected chi connectivity index (χ0v) is 11.0. The summed E-state index contributed by atoms with van der Waals surface area (Å²) in [7, 11) is 0. The molecule has 0 saturated carbocycles. The first-order chi connectivity index (χ1) is 10.1. The number of nitrogens with zero attached hydrogens (tertiary/aromatic N) is 1. The third-order valence-electron chi connectivity index (χ3n) is 3.12. The zero-order chi connectivity index (χ0) is 14.8. The van der Waals surface area contributed by atoms with Crippen LogP contribution in [0.15, 0.2) is 54.7 Å². The first-order valence-corrected chi connectivity index (χ1v) is 6.34.